The Labute approximate surface area is 350 Å². The van der Waals surface area contributed by atoms with Gasteiger partial charge in [0.1, 0.15) is 0 Å². The molecule has 59 heavy (non-hydrogen) atoms. The number of para-hydroxylation sites is 6. The minimum atomic E-state index is -0.510. The molecule has 5 heterocycles. The molecule has 2 aliphatic rings. The molecule has 14 rings (SSSR count). The van der Waals surface area contributed by atoms with Crippen molar-refractivity contribution in [2.24, 2.45) is 0 Å². The fourth-order valence-electron chi connectivity index (χ4n) is 11.0. The van der Waals surface area contributed by atoms with Crippen LogP contribution in [0.15, 0.2) is 200 Å². The first-order valence-corrected chi connectivity index (χ1v) is 22.5. The first kappa shape index (κ1) is 32.1. The molecule has 0 saturated heterocycles. The van der Waals surface area contributed by atoms with Gasteiger partial charge in [-0.05, 0) is 0 Å². The van der Waals surface area contributed by atoms with Gasteiger partial charge >= 0.3 is 346 Å². The monoisotopic (exact) mass is 862 g/mol. The summed E-state index contributed by atoms with van der Waals surface area (Å²) in [5.41, 5.74) is 16.1. The summed E-state index contributed by atoms with van der Waals surface area (Å²) in [5.74, 6) is 0. The SMILES string of the molecule is c1ccc(-n2c3ccccc3c3ccc(-n4c5ccccc5c5cc6c(cc54)C4(c5ccccc5[I-]6)c5ccccc5-n5c6ccccc6c6cccc4c65)cc32)cc1. The third kappa shape index (κ3) is 4.02. The van der Waals surface area contributed by atoms with Crippen LogP contribution in [0.1, 0.15) is 22.3 Å². The summed E-state index contributed by atoms with van der Waals surface area (Å²) in [4.78, 5) is 0. The summed E-state index contributed by atoms with van der Waals surface area (Å²) in [6.07, 6.45) is 0. The number of hydrogen-bond donors (Lipinski definition) is 0. The molecule has 3 nitrogen and oxygen atoms in total. The van der Waals surface area contributed by atoms with Crippen molar-refractivity contribution >= 4 is 65.4 Å². The number of nitrogens with zero attached hydrogens (tertiary/aromatic N) is 3. The number of benzene rings is 9. The van der Waals surface area contributed by atoms with Crippen LogP contribution in [0.2, 0.25) is 0 Å². The van der Waals surface area contributed by atoms with Crippen LogP contribution in [0.5, 0.6) is 0 Å². The third-order valence-electron chi connectivity index (χ3n) is 13.2. The molecule has 1 atom stereocenters. The topological polar surface area (TPSA) is 14.8 Å². The Hall–Kier alpha value is -6.89. The zero-order valence-electron chi connectivity index (χ0n) is 31.8. The van der Waals surface area contributed by atoms with Crippen LogP contribution in [0.4, 0.5) is 0 Å². The first-order valence-electron chi connectivity index (χ1n) is 20.3. The standard InChI is InChI=1S/C55H33IN3/c1-2-15-34(16-3-1)57-48-25-10-4-17-36(48)39-30-29-35(31-52(39)57)58-49-26-11-6-19-38(49)41-32-47-45(33-53(41)58)55(42-21-7-9-24-46(42)56-47)43-22-8-13-28-51(43)59-50-27-12-5-18-37(50)40-20-14-23-44(55)54(40)59/h1-33H/q-1. The summed E-state index contributed by atoms with van der Waals surface area (Å²) in [6.45, 7) is 0. The van der Waals surface area contributed by atoms with E-state index in [0.717, 1.165) is 5.69 Å². The first-order chi connectivity index (χ1) is 29.3. The van der Waals surface area contributed by atoms with E-state index in [-0.39, 0.29) is 0 Å². The molecule has 0 radical (unpaired) electrons. The van der Waals surface area contributed by atoms with Gasteiger partial charge in [0, 0.05) is 0 Å². The summed E-state index contributed by atoms with van der Waals surface area (Å²) in [7, 11) is 0. The predicted molar refractivity (Wildman–Crippen MR) is 239 cm³/mol. The zero-order valence-corrected chi connectivity index (χ0v) is 33.9. The Bertz CT molecular complexity index is 3770. The molecule has 0 amide bonds. The predicted octanol–water partition coefficient (Wildman–Crippen LogP) is 10.1. The van der Waals surface area contributed by atoms with Crippen molar-refractivity contribution in [3.63, 3.8) is 0 Å². The third-order valence-corrected chi connectivity index (χ3v) is 16.2. The Kier molecular flexibility index (Phi) is 6.32. The molecule has 12 aromatic rings. The molecular formula is C55H33IN3-. The van der Waals surface area contributed by atoms with Gasteiger partial charge in [0.25, 0.3) is 0 Å². The van der Waals surface area contributed by atoms with Crippen LogP contribution in [0.3, 0.4) is 0 Å². The van der Waals surface area contributed by atoms with Gasteiger partial charge in [-0.1, -0.05) is 6.07 Å². The second kappa shape index (κ2) is 11.6. The number of aromatic nitrogens is 3. The molecule has 4 heteroatoms. The van der Waals surface area contributed by atoms with Crippen LogP contribution >= 0.6 is 0 Å². The maximum atomic E-state index is 2.60. The van der Waals surface area contributed by atoms with E-state index in [4.69, 9.17) is 0 Å². The van der Waals surface area contributed by atoms with Crippen LogP contribution in [-0.4, -0.2) is 13.7 Å². The van der Waals surface area contributed by atoms with E-state index >= 15 is 0 Å². The molecule has 2 aliphatic heterocycles. The zero-order chi connectivity index (χ0) is 38.4. The van der Waals surface area contributed by atoms with Gasteiger partial charge in [-0.25, -0.2) is 0 Å². The number of rotatable bonds is 2. The van der Waals surface area contributed by atoms with Crippen LogP contribution in [0.25, 0.3) is 82.5 Å². The Morgan fingerprint density at radius 2 is 0.864 bits per heavy atom. The van der Waals surface area contributed by atoms with E-state index < -0.39 is 26.6 Å². The molecule has 3 aromatic heterocycles. The average molecular weight is 863 g/mol. The van der Waals surface area contributed by atoms with Crippen LogP contribution < -0.4 is 21.2 Å². The van der Waals surface area contributed by atoms with Gasteiger partial charge in [-0.15, -0.1) is 0 Å². The molecule has 0 aliphatic carbocycles. The molecule has 1 unspecified atom stereocenters. The van der Waals surface area contributed by atoms with Crippen molar-refractivity contribution in [2.75, 3.05) is 0 Å². The van der Waals surface area contributed by atoms with Gasteiger partial charge in [0.05, 0.1) is 0 Å². The molecular weight excluding hydrogens is 830 g/mol. The van der Waals surface area contributed by atoms with Gasteiger partial charge in [0.15, 0.2) is 0 Å². The van der Waals surface area contributed by atoms with E-state index in [1.54, 1.807) is 0 Å². The quantitative estimate of drug-likeness (QED) is 0.154. The van der Waals surface area contributed by atoms with Crippen LogP contribution in [-0.2, 0) is 5.41 Å². The minimum absolute atomic E-state index is 0.480. The van der Waals surface area contributed by atoms with Gasteiger partial charge < -0.3 is 0 Å². The molecule has 9 aromatic carbocycles. The summed E-state index contributed by atoms with van der Waals surface area (Å²) in [6, 6.07) is 75.5. The molecule has 276 valence electrons. The second-order valence-corrected chi connectivity index (χ2v) is 18.9. The van der Waals surface area contributed by atoms with Gasteiger partial charge in [0.2, 0.25) is 0 Å². The van der Waals surface area contributed by atoms with E-state index in [0.29, 0.717) is 0 Å². The Balaban J connectivity index is 1.13. The van der Waals surface area contributed by atoms with Crippen molar-refractivity contribution in [3.05, 3.63) is 230 Å². The van der Waals surface area contributed by atoms with Crippen molar-refractivity contribution < 1.29 is 21.2 Å². The molecule has 1 spiro atoms. The summed E-state index contributed by atoms with van der Waals surface area (Å²) >= 11 is -0.480. The van der Waals surface area contributed by atoms with E-state index in [1.807, 2.05) is 0 Å². The molecule has 0 bridgehead atoms. The maximum absolute atomic E-state index is 2.60. The fourth-order valence-corrected chi connectivity index (χ4v) is 14.2. The Morgan fingerprint density at radius 3 is 1.66 bits per heavy atom. The van der Waals surface area contributed by atoms with E-state index in [9.17, 15) is 0 Å². The normalized spacial score (nSPS) is 15.6. The van der Waals surface area contributed by atoms with E-state index in [2.05, 4.69) is 214 Å². The second-order valence-electron chi connectivity index (χ2n) is 16.0. The molecule has 0 fully saturated rings. The van der Waals surface area contributed by atoms with Gasteiger partial charge in [-0.3, -0.25) is 0 Å². The van der Waals surface area contributed by atoms with Crippen molar-refractivity contribution in [2.45, 2.75) is 5.41 Å². The van der Waals surface area contributed by atoms with Gasteiger partial charge in [-0.2, -0.15) is 0 Å². The number of fused-ring (bicyclic) bond motifs is 17. The Morgan fingerprint density at radius 1 is 0.305 bits per heavy atom. The molecule has 0 saturated carbocycles. The van der Waals surface area contributed by atoms with Crippen molar-refractivity contribution in [3.8, 4) is 17.1 Å². The van der Waals surface area contributed by atoms with Crippen LogP contribution in [0, 0.1) is 7.14 Å². The fraction of sp³-hybridized carbons (Fsp3) is 0.0182. The van der Waals surface area contributed by atoms with Crippen molar-refractivity contribution in [1.29, 1.82) is 0 Å². The van der Waals surface area contributed by atoms with E-state index in [1.165, 1.54) is 106 Å². The summed E-state index contributed by atoms with van der Waals surface area (Å²) in [5, 5.41) is 7.73. The summed E-state index contributed by atoms with van der Waals surface area (Å²) < 4.78 is 10.5. The average Bonchev–Trinajstić information content (AvgIpc) is 3.93. The number of halogens is 1. The van der Waals surface area contributed by atoms with Crippen molar-refractivity contribution in [1.82, 2.24) is 13.7 Å². The number of hydrogen-bond acceptors (Lipinski definition) is 0. The molecule has 0 N–H and O–H groups in total.